The Balaban J connectivity index is 1.31. The van der Waals surface area contributed by atoms with Crippen LogP contribution < -0.4 is 5.32 Å². The molecule has 0 saturated carbocycles. The molecule has 5 nitrogen and oxygen atoms in total. The number of nitrogens with zero attached hydrogens (tertiary/aromatic N) is 3. The van der Waals surface area contributed by atoms with Crippen molar-refractivity contribution in [2.24, 2.45) is 0 Å². The molecule has 0 bridgehead atoms. The monoisotopic (exact) mass is 334 g/mol. The maximum Gasteiger partial charge on any atom is 0.253 e. The average molecular weight is 334 g/mol. The van der Waals surface area contributed by atoms with Crippen LogP contribution >= 0.6 is 0 Å². The van der Waals surface area contributed by atoms with Crippen molar-refractivity contribution in [3.8, 4) is 0 Å². The van der Waals surface area contributed by atoms with Gasteiger partial charge in [0.05, 0.1) is 5.56 Å². The molecule has 1 amide bonds. The van der Waals surface area contributed by atoms with Crippen molar-refractivity contribution in [2.75, 3.05) is 13.1 Å². The number of likely N-dealkylation sites (tertiary alicyclic amines) is 1. The fourth-order valence-corrected chi connectivity index (χ4v) is 3.43. The number of carbonyl (C=O) groups excluding carboxylic acids is 1. The fourth-order valence-electron chi connectivity index (χ4n) is 3.43. The van der Waals surface area contributed by atoms with E-state index in [-0.39, 0.29) is 11.9 Å². The molecule has 3 aromatic rings. The van der Waals surface area contributed by atoms with Crippen LogP contribution in [0.1, 0.15) is 28.8 Å². The number of hydrogen-bond acceptors (Lipinski definition) is 3. The third-order valence-electron chi connectivity index (χ3n) is 4.84. The molecule has 4 heterocycles. The van der Waals surface area contributed by atoms with Crippen LogP contribution in [0.15, 0.2) is 61.2 Å². The van der Waals surface area contributed by atoms with Gasteiger partial charge in [0.25, 0.3) is 5.91 Å². The molecule has 0 aromatic carbocycles. The Labute approximate surface area is 147 Å². The normalized spacial score (nSPS) is 16.2. The fraction of sp³-hybridized carbons (Fsp3) is 0.300. The number of carbonyl (C=O) groups is 1. The van der Waals surface area contributed by atoms with E-state index < -0.39 is 0 Å². The molecule has 25 heavy (non-hydrogen) atoms. The van der Waals surface area contributed by atoms with Gasteiger partial charge in [0.2, 0.25) is 0 Å². The standard InChI is InChI=1S/C20H22N4O/c25-20(17-13-19-3-1-2-10-24(19)15-17)22-18-6-11-23(12-7-18)14-16-4-8-21-9-5-16/h1-5,8-10,13,15,18H,6-7,11-12,14H2,(H,22,25). The van der Waals surface area contributed by atoms with Crippen LogP contribution in [0.4, 0.5) is 0 Å². The van der Waals surface area contributed by atoms with E-state index in [1.54, 1.807) is 0 Å². The second-order valence-electron chi connectivity index (χ2n) is 6.64. The molecule has 5 heteroatoms. The maximum absolute atomic E-state index is 12.5. The molecule has 1 saturated heterocycles. The van der Waals surface area contributed by atoms with E-state index in [0.717, 1.165) is 43.6 Å². The smallest absolute Gasteiger partial charge is 0.253 e. The van der Waals surface area contributed by atoms with Gasteiger partial charge in [-0.1, -0.05) is 6.07 Å². The van der Waals surface area contributed by atoms with Crippen molar-refractivity contribution >= 4 is 11.4 Å². The van der Waals surface area contributed by atoms with Crippen molar-refractivity contribution in [2.45, 2.75) is 25.4 Å². The Bertz CT molecular complexity index is 817. The first-order valence-electron chi connectivity index (χ1n) is 8.77. The number of piperidine rings is 1. The summed E-state index contributed by atoms with van der Waals surface area (Å²) in [7, 11) is 0. The number of hydrogen-bond donors (Lipinski definition) is 1. The molecule has 0 atom stereocenters. The van der Waals surface area contributed by atoms with Gasteiger partial charge in [-0.05, 0) is 48.7 Å². The zero-order valence-electron chi connectivity index (χ0n) is 14.1. The van der Waals surface area contributed by atoms with Crippen LogP contribution in [0.2, 0.25) is 0 Å². The van der Waals surface area contributed by atoms with Gasteiger partial charge < -0.3 is 9.72 Å². The molecule has 1 N–H and O–H groups in total. The predicted molar refractivity (Wildman–Crippen MR) is 97.4 cm³/mol. The summed E-state index contributed by atoms with van der Waals surface area (Å²) in [5.74, 6) is 0.0243. The molecule has 128 valence electrons. The van der Waals surface area contributed by atoms with Gasteiger partial charge >= 0.3 is 0 Å². The second kappa shape index (κ2) is 7.07. The minimum absolute atomic E-state index is 0.0243. The second-order valence-corrected chi connectivity index (χ2v) is 6.64. The Morgan fingerprint density at radius 2 is 1.96 bits per heavy atom. The van der Waals surface area contributed by atoms with Crippen LogP contribution in [-0.2, 0) is 6.54 Å². The summed E-state index contributed by atoms with van der Waals surface area (Å²) in [4.78, 5) is 19.0. The largest absolute Gasteiger partial charge is 0.349 e. The minimum atomic E-state index is 0.0243. The molecular weight excluding hydrogens is 312 g/mol. The van der Waals surface area contributed by atoms with Crippen molar-refractivity contribution < 1.29 is 4.79 Å². The first-order valence-corrected chi connectivity index (χ1v) is 8.77. The molecule has 4 rings (SSSR count). The Kier molecular flexibility index (Phi) is 4.48. The quantitative estimate of drug-likeness (QED) is 0.798. The van der Waals surface area contributed by atoms with Gasteiger partial charge in [-0.25, -0.2) is 0 Å². The van der Waals surface area contributed by atoms with E-state index >= 15 is 0 Å². The lowest BCUT2D eigenvalue weighted by Crippen LogP contribution is -2.44. The molecule has 1 aliphatic rings. The van der Waals surface area contributed by atoms with Crippen molar-refractivity contribution in [1.29, 1.82) is 0 Å². The summed E-state index contributed by atoms with van der Waals surface area (Å²) in [6.07, 6.45) is 9.51. The molecular formula is C20H22N4O. The number of aromatic nitrogens is 2. The minimum Gasteiger partial charge on any atom is -0.349 e. The van der Waals surface area contributed by atoms with E-state index in [0.29, 0.717) is 0 Å². The van der Waals surface area contributed by atoms with Crippen molar-refractivity contribution in [1.82, 2.24) is 19.6 Å². The molecule has 1 fully saturated rings. The summed E-state index contributed by atoms with van der Waals surface area (Å²) in [6, 6.07) is 12.3. The number of fused-ring (bicyclic) bond motifs is 1. The predicted octanol–water partition coefficient (Wildman–Crippen LogP) is 2.73. The molecule has 0 unspecified atom stereocenters. The van der Waals surface area contributed by atoms with Crippen LogP contribution in [-0.4, -0.2) is 39.3 Å². The highest BCUT2D eigenvalue weighted by Gasteiger charge is 2.21. The first kappa shape index (κ1) is 15.8. The zero-order chi connectivity index (χ0) is 17.1. The maximum atomic E-state index is 12.5. The number of pyridine rings is 2. The third kappa shape index (κ3) is 3.72. The van der Waals surface area contributed by atoms with E-state index in [4.69, 9.17) is 0 Å². The topological polar surface area (TPSA) is 49.6 Å². The number of rotatable bonds is 4. The van der Waals surface area contributed by atoms with Gasteiger partial charge in [0.15, 0.2) is 0 Å². The van der Waals surface area contributed by atoms with Gasteiger partial charge in [0, 0.05) is 56.0 Å². The molecule has 3 aromatic heterocycles. The average Bonchev–Trinajstić information content (AvgIpc) is 3.09. The van der Waals surface area contributed by atoms with E-state index in [1.807, 2.05) is 53.5 Å². The van der Waals surface area contributed by atoms with Gasteiger partial charge in [0.1, 0.15) is 0 Å². The first-order chi connectivity index (χ1) is 12.3. The summed E-state index contributed by atoms with van der Waals surface area (Å²) in [6.45, 7) is 2.96. The van der Waals surface area contributed by atoms with Crippen LogP contribution in [0.5, 0.6) is 0 Å². The lowest BCUT2D eigenvalue weighted by Gasteiger charge is -2.32. The zero-order valence-corrected chi connectivity index (χ0v) is 14.1. The summed E-state index contributed by atoms with van der Waals surface area (Å²) >= 11 is 0. The highest BCUT2D eigenvalue weighted by Crippen LogP contribution is 2.15. The number of amides is 1. The summed E-state index contributed by atoms with van der Waals surface area (Å²) < 4.78 is 1.98. The van der Waals surface area contributed by atoms with Gasteiger partial charge in [-0.15, -0.1) is 0 Å². The van der Waals surface area contributed by atoms with Gasteiger partial charge in [-0.2, -0.15) is 0 Å². The van der Waals surface area contributed by atoms with E-state index in [2.05, 4.69) is 27.3 Å². The van der Waals surface area contributed by atoms with E-state index in [1.165, 1.54) is 5.56 Å². The molecule has 0 radical (unpaired) electrons. The number of nitrogens with one attached hydrogen (secondary N) is 1. The van der Waals surface area contributed by atoms with Crippen LogP contribution in [0, 0.1) is 0 Å². The molecule has 0 aliphatic carbocycles. The lowest BCUT2D eigenvalue weighted by molar-refractivity contribution is 0.0909. The van der Waals surface area contributed by atoms with Crippen molar-refractivity contribution in [3.63, 3.8) is 0 Å². The summed E-state index contributed by atoms with van der Waals surface area (Å²) in [5.41, 5.74) is 3.06. The SMILES string of the molecule is O=C(NC1CCN(Cc2ccncc2)CC1)c1cc2ccccn2c1. The Morgan fingerprint density at radius 3 is 2.72 bits per heavy atom. The highest BCUT2D eigenvalue weighted by molar-refractivity contribution is 5.95. The highest BCUT2D eigenvalue weighted by atomic mass is 16.1. The lowest BCUT2D eigenvalue weighted by atomic mass is 10.0. The molecule has 1 aliphatic heterocycles. The Hall–Kier alpha value is -2.66. The van der Waals surface area contributed by atoms with Crippen LogP contribution in [0.3, 0.4) is 0 Å². The van der Waals surface area contributed by atoms with Gasteiger partial charge in [-0.3, -0.25) is 14.7 Å². The molecule has 0 spiro atoms. The third-order valence-corrected chi connectivity index (χ3v) is 4.84. The Morgan fingerprint density at radius 1 is 1.16 bits per heavy atom. The van der Waals surface area contributed by atoms with Crippen molar-refractivity contribution in [3.05, 3.63) is 72.3 Å². The van der Waals surface area contributed by atoms with Crippen LogP contribution in [0.25, 0.3) is 5.52 Å². The summed E-state index contributed by atoms with van der Waals surface area (Å²) in [5, 5.41) is 3.19. The van der Waals surface area contributed by atoms with E-state index in [9.17, 15) is 4.79 Å².